The monoisotopic (exact) mass is 289 g/mol. The fourth-order valence-electron chi connectivity index (χ4n) is 4.04. The Morgan fingerprint density at radius 1 is 1.19 bits per heavy atom. The number of ketones is 1. The summed E-state index contributed by atoms with van der Waals surface area (Å²) < 4.78 is 13.4. The number of carbonyl (C=O) groups is 1. The van der Waals surface area contributed by atoms with Crippen molar-refractivity contribution in [3.63, 3.8) is 0 Å². The number of carbonyl (C=O) groups excluding carboxylic acids is 1. The lowest BCUT2D eigenvalue weighted by Gasteiger charge is -2.37. The minimum atomic E-state index is -0.255. The van der Waals surface area contributed by atoms with Gasteiger partial charge in [-0.3, -0.25) is 9.69 Å². The molecule has 2 fully saturated rings. The molecule has 0 aromatic heterocycles. The SMILES string of the molecule is Cc1ccc(F)cc1CC(=O)C1(N2CCCC2)CCCC1. The van der Waals surface area contributed by atoms with Gasteiger partial charge in [0.05, 0.1) is 5.54 Å². The number of likely N-dealkylation sites (tertiary alicyclic amines) is 1. The first-order valence-corrected chi connectivity index (χ1v) is 8.15. The van der Waals surface area contributed by atoms with Crippen molar-refractivity contribution in [2.75, 3.05) is 13.1 Å². The van der Waals surface area contributed by atoms with Gasteiger partial charge >= 0.3 is 0 Å². The van der Waals surface area contributed by atoms with Gasteiger partial charge in [-0.25, -0.2) is 4.39 Å². The summed E-state index contributed by atoms with van der Waals surface area (Å²) in [4.78, 5) is 15.4. The second-order valence-corrected chi connectivity index (χ2v) is 6.60. The third-order valence-electron chi connectivity index (χ3n) is 5.32. The molecule has 0 bridgehead atoms. The second kappa shape index (κ2) is 5.88. The molecule has 0 N–H and O–H groups in total. The number of halogens is 1. The molecule has 2 aliphatic rings. The minimum Gasteiger partial charge on any atom is -0.297 e. The van der Waals surface area contributed by atoms with Crippen LogP contribution in [0, 0.1) is 12.7 Å². The van der Waals surface area contributed by atoms with Gasteiger partial charge in [0.2, 0.25) is 0 Å². The Kier molecular flexibility index (Phi) is 4.12. The maximum Gasteiger partial charge on any atom is 0.157 e. The molecule has 3 heteroatoms. The average Bonchev–Trinajstić information content (AvgIpc) is 3.13. The molecule has 1 aliphatic carbocycles. The predicted octanol–water partition coefficient (Wildman–Crippen LogP) is 3.65. The van der Waals surface area contributed by atoms with Gasteiger partial charge in [-0.1, -0.05) is 18.9 Å². The normalized spacial score (nSPS) is 21.8. The van der Waals surface area contributed by atoms with Crippen LogP contribution in [0.5, 0.6) is 0 Å². The lowest BCUT2D eigenvalue weighted by molar-refractivity contribution is -0.129. The average molecular weight is 289 g/mol. The third-order valence-corrected chi connectivity index (χ3v) is 5.32. The number of Topliss-reactive ketones (excluding diaryl/α,β-unsaturated/α-hetero) is 1. The Morgan fingerprint density at radius 2 is 1.86 bits per heavy atom. The highest BCUT2D eigenvalue weighted by atomic mass is 19.1. The van der Waals surface area contributed by atoms with E-state index in [9.17, 15) is 9.18 Å². The van der Waals surface area contributed by atoms with Gasteiger partial charge in [-0.2, -0.15) is 0 Å². The first-order chi connectivity index (χ1) is 10.1. The Balaban J connectivity index is 1.83. The molecule has 1 saturated heterocycles. The number of rotatable bonds is 4. The number of nitrogens with zero attached hydrogens (tertiary/aromatic N) is 1. The predicted molar refractivity (Wildman–Crippen MR) is 81.9 cm³/mol. The van der Waals surface area contributed by atoms with E-state index in [0.717, 1.165) is 49.9 Å². The molecule has 0 amide bonds. The maximum atomic E-state index is 13.4. The Morgan fingerprint density at radius 3 is 2.52 bits per heavy atom. The highest BCUT2D eigenvalue weighted by Gasteiger charge is 2.46. The van der Waals surface area contributed by atoms with Crippen LogP contribution < -0.4 is 0 Å². The zero-order valence-electron chi connectivity index (χ0n) is 12.8. The van der Waals surface area contributed by atoms with Crippen molar-refractivity contribution in [1.29, 1.82) is 0 Å². The molecule has 1 aromatic carbocycles. The molecule has 0 radical (unpaired) electrons. The van der Waals surface area contributed by atoms with Gasteiger partial charge in [-0.15, -0.1) is 0 Å². The van der Waals surface area contributed by atoms with E-state index < -0.39 is 0 Å². The highest BCUT2D eigenvalue weighted by Crippen LogP contribution is 2.39. The summed E-state index contributed by atoms with van der Waals surface area (Å²) in [6.45, 7) is 4.06. The van der Waals surface area contributed by atoms with E-state index in [2.05, 4.69) is 4.90 Å². The standard InChI is InChI=1S/C18H24FNO/c1-14-6-7-16(19)12-15(14)13-17(21)18(8-2-3-9-18)20-10-4-5-11-20/h6-7,12H,2-5,8-11,13H2,1H3. The van der Waals surface area contributed by atoms with Gasteiger partial charge in [-0.05, 0) is 69.0 Å². The van der Waals surface area contributed by atoms with Crippen LogP contribution >= 0.6 is 0 Å². The number of hydrogen-bond donors (Lipinski definition) is 0. The molecule has 1 saturated carbocycles. The molecule has 0 unspecified atom stereocenters. The van der Waals surface area contributed by atoms with Crippen LogP contribution in [0.3, 0.4) is 0 Å². The highest BCUT2D eigenvalue weighted by molar-refractivity contribution is 5.90. The zero-order valence-corrected chi connectivity index (χ0v) is 12.8. The van der Waals surface area contributed by atoms with Crippen molar-refractivity contribution in [3.05, 3.63) is 35.1 Å². The Hall–Kier alpha value is -1.22. The van der Waals surface area contributed by atoms with Crippen LogP contribution in [0.1, 0.15) is 49.7 Å². The van der Waals surface area contributed by atoms with E-state index >= 15 is 0 Å². The number of aryl methyl sites for hydroxylation is 1. The van der Waals surface area contributed by atoms with Gasteiger partial charge in [0.15, 0.2) is 5.78 Å². The quantitative estimate of drug-likeness (QED) is 0.843. The van der Waals surface area contributed by atoms with E-state index in [1.54, 1.807) is 6.07 Å². The fourth-order valence-corrected chi connectivity index (χ4v) is 4.04. The van der Waals surface area contributed by atoms with Crippen molar-refractivity contribution in [2.45, 2.75) is 57.4 Å². The van der Waals surface area contributed by atoms with E-state index in [1.807, 2.05) is 6.92 Å². The van der Waals surface area contributed by atoms with Gasteiger partial charge in [0.25, 0.3) is 0 Å². The molecule has 0 spiro atoms. The molecule has 21 heavy (non-hydrogen) atoms. The summed E-state index contributed by atoms with van der Waals surface area (Å²) in [6.07, 6.45) is 7.04. The van der Waals surface area contributed by atoms with Crippen LogP contribution in [0.4, 0.5) is 4.39 Å². The molecule has 1 heterocycles. The largest absolute Gasteiger partial charge is 0.297 e. The smallest absolute Gasteiger partial charge is 0.157 e. The molecule has 114 valence electrons. The van der Waals surface area contributed by atoms with Crippen LogP contribution in [-0.2, 0) is 11.2 Å². The number of benzene rings is 1. The summed E-state index contributed by atoms with van der Waals surface area (Å²) in [5.41, 5.74) is 1.61. The summed E-state index contributed by atoms with van der Waals surface area (Å²) in [6, 6.07) is 4.77. The third kappa shape index (κ3) is 2.76. The summed E-state index contributed by atoms with van der Waals surface area (Å²) in [5.74, 6) is 0.0562. The second-order valence-electron chi connectivity index (χ2n) is 6.60. The molecule has 2 nitrogen and oxygen atoms in total. The van der Waals surface area contributed by atoms with Gasteiger partial charge in [0.1, 0.15) is 5.82 Å². The van der Waals surface area contributed by atoms with Crippen LogP contribution in [0.2, 0.25) is 0 Å². The molecular formula is C18H24FNO. The van der Waals surface area contributed by atoms with Crippen LogP contribution in [0.15, 0.2) is 18.2 Å². The van der Waals surface area contributed by atoms with Crippen molar-refractivity contribution in [3.8, 4) is 0 Å². The molecule has 1 aliphatic heterocycles. The van der Waals surface area contributed by atoms with Crippen LogP contribution in [0.25, 0.3) is 0 Å². The maximum absolute atomic E-state index is 13.4. The summed E-state index contributed by atoms with van der Waals surface area (Å²) in [5, 5.41) is 0. The van der Waals surface area contributed by atoms with Crippen molar-refractivity contribution < 1.29 is 9.18 Å². The first kappa shape index (κ1) is 14.7. The topological polar surface area (TPSA) is 20.3 Å². The van der Waals surface area contributed by atoms with Crippen molar-refractivity contribution in [2.24, 2.45) is 0 Å². The minimum absolute atomic E-state index is 0.245. The first-order valence-electron chi connectivity index (χ1n) is 8.15. The molecule has 1 aromatic rings. The summed E-state index contributed by atoms with van der Waals surface area (Å²) >= 11 is 0. The molecule has 0 atom stereocenters. The lowest BCUT2D eigenvalue weighted by Crippen LogP contribution is -2.52. The van der Waals surface area contributed by atoms with Crippen molar-refractivity contribution >= 4 is 5.78 Å². The van der Waals surface area contributed by atoms with E-state index in [4.69, 9.17) is 0 Å². The van der Waals surface area contributed by atoms with Crippen molar-refractivity contribution in [1.82, 2.24) is 4.90 Å². The fraction of sp³-hybridized carbons (Fsp3) is 0.611. The molecular weight excluding hydrogens is 265 g/mol. The van der Waals surface area contributed by atoms with Gasteiger partial charge < -0.3 is 0 Å². The lowest BCUT2D eigenvalue weighted by atomic mass is 9.85. The summed E-state index contributed by atoms with van der Waals surface area (Å²) in [7, 11) is 0. The van der Waals surface area contributed by atoms with E-state index in [-0.39, 0.29) is 11.4 Å². The number of hydrogen-bond acceptors (Lipinski definition) is 2. The van der Waals surface area contributed by atoms with Gasteiger partial charge in [0, 0.05) is 6.42 Å². The van der Waals surface area contributed by atoms with E-state index in [0.29, 0.717) is 12.2 Å². The molecule has 3 rings (SSSR count). The van der Waals surface area contributed by atoms with E-state index in [1.165, 1.54) is 25.0 Å². The Bertz CT molecular complexity index is 528. The van der Waals surface area contributed by atoms with Crippen LogP contribution in [-0.4, -0.2) is 29.3 Å². The Labute approximate surface area is 126 Å². The zero-order chi connectivity index (χ0) is 14.9.